The zero-order valence-corrected chi connectivity index (χ0v) is 20.2. The molecule has 176 valence electrons. The molecule has 2 aromatic carbocycles. The highest BCUT2D eigenvalue weighted by Crippen LogP contribution is 2.25. The smallest absolute Gasteiger partial charge is 0.262 e. The maximum absolute atomic E-state index is 13.0. The molecule has 0 spiro atoms. The van der Waals surface area contributed by atoms with Crippen LogP contribution < -0.4 is 10.0 Å². The van der Waals surface area contributed by atoms with Gasteiger partial charge >= 0.3 is 0 Å². The summed E-state index contributed by atoms with van der Waals surface area (Å²) in [6, 6.07) is 10.1. The van der Waals surface area contributed by atoms with Crippen molar-refractivity contribution in [3.05, 3.63) is 71.3 Å². The quantitative estimate of drug-likeness (QED) is 0.606. The Bertz CT molecular complexity index is 1130. The number of benzene rings is 2. The second-order valence-electron chi connectivity index (χ2n) is 8.53. The first-order valence-electron chi connectivity index (χ1n) is 11.0. The number of anilines is 1. The number of sulfonamides is 1. The Kier molecular flexibility index (Phi) is 7.58. The number of aryl methyl sites for hydroxylation is 3. The van der Waals surface area contributed by atoms with E-state index in [-0.39, 0.29) is 22.6 Å². The molecule has 1 fully saturated rings. The van der Waals surface area contributed by atoms with Crippen LogP contribution in [0.1, 0.15) is 39.9 Å². The van der Waals surface area contributed by atoms with Gasteiger partial charge < -0.3 is 10.2 Å². The summed E-state index contributed by atoms with van der Waals surface area (Å²) in [6.07, 6.45) is 3.12. The van der Waals surface area contributed by atoms with Gasteiger partial charge in [-0.25, -0.2) is 8.42 Å². The van der Waals surface area contributed by atoms with Gasteiger partial charge in [0.1, 0.15) is 0 Å². The highest BCUT2D eigenvalue weighted by atomic mass is 32.2. The lowest BCUT2D eigenvalue weighted by molar-refractivity contribution is -0.126. The molecule has 33 heavy (non-hydrogen) atoms. The van der Waals surface area contributed by atoms with Crippen molar-refractivity contribution >= 4 is 27.5 Å². The molecule has 0 saturated carbocycles. The lowest BCUT2D eigenvalue weighted by Gasteiger charge is -2.32. The second kappa shape index (κ2) is 10.2. The van der Waals surface area contributed by atoms with Gasteiger partial charge in [0.2, 0.25) is 5.91 Å². The van der Waals surface area contributed by atoms with Crippen molar-refractivity contribution in [2.24, 2.45) is 5.92 Å². The van der Waals surface area contributed by atoms with Crippen LogP contribution in [-0.2, 0) is 14.8 Å². The molecule has 1 saturated heterocycles. The van der Waals surface area contributed by atoms with Gasteiger partial charge in [-0.2, -0.15) is 0 Å². The molecule has 8 heteroatoms. The first-order chi connectivity index (χ1) is 15.6. The molecule has 0 unspecified atom stereocenters. The Hall–Kier alpha value is -3.13. The van der Waals surface area contributed by atoms with Gasteiger partial charge in [-0.05, 0) is 69.0 Å². The Morgan fingerprint density at radius 2 is 1.76 bits per heavy atom. The topological polar surface area (TPSA) is 95.6 Å². The highest BCUT2D eigenvalue weighted by molar-refractivity contribution is 7.92. The van der Waals surface area contributed by atoms with Crippen LogP contribution >= 0.6 is 0 Å². The van der Waals surface area contributed by atoms with Crippen molar-refractivity contribution in [3.63, 3.8) is 0 Å². The molecule has 7 nitrogen and oxygen atoms in total. The number of likely N-dealkylation sites (tertiary alicyclic amines) is 1. The van der Waals surface area contributed by atoms with Crippen LogP contribution in [0.25, 0.3) is 0 Å². The Balaban J connectivity index is 1.70. The molecule has 0 aromatic heterocycles. The van der Waals surface area contributed by atoms with Crippen molar-refractivity contribution in [1.29, 1.82) is 0 Å². The first kappa shape index (κ1) is 24.5. The second-order valence-corrected chi connectivity index (χ2v) is 10.2. The van der Waals surface area contributed by atoms with E-state index in [1.807, 2.05) is 19.1 Å². The molecular weight excluding hydrogens is 438 g/mol. The Morgan fingerprint density at radius 3 is 2.36 bits per heavy atom. The van der Waals surface area contributed by atoms with Gasteiger partial charge in [0.25, 0.3) is 15.9 Å². The van der Waals surface area contributed by atoms with Crippen molar-refractivity contribution < 1.29 is 18.0 Å². The molecule has 2 N–H and O–H groups in total. The fourth-order valence-corrected chi connectivity index (χ4v) is 5.87. The van der Waals surface area contributed by atoms with E-state index in [4.69, 9.17) is 0 Å². The lowest BCUT2D eigenvalue weighted by Crippen LogP contribution is -2.45. The summed E-state index contributed by atoms with van der Waals surface area (Å²) in [5, 5.41) is 2.79. The number of amides is 2. The van der Waals surface area contributed by atoms with Crippen LogP contribution in [0.2, 0.25) is 0 Å². The van der Waals surface area contributed by atoms with E-state index < -0.39 is 10.0 Å². The third kappa shape index (κ3) is 5.82. The molecule has 1 atom stereocenters. The zero-order chi connectivity index (χ0) is 24.2. The lowest BCUT2D eigenvalue weighted by atomic mass is 9.96. The maximum atomic E-state index is 13.0. The Morgan fingerprint density at radius 1 is 1.12 bits per heavy atom. The summed E-state index contributed by atoms with van der Waals surface area (Å²) in [7, 11) is -3.77. The third-order valence-corrected chi connectivity index (χ3v) is 7.44. The number of hydrogen-bond acceptors (Lipinski definition) is 4. The van der Waals surface area contributed by atoms with Crippen LogP contribution in [0.3, 0.4) is 0 Å². The molecule has 2 amide bonds. The molecule has 0 aliphatic carbocycles. The normalized spacial score (nSPS) is 16.2. The van der Waals surface area contributed by atoms with E-state index in [2.05, 4.69) is 16.6 Å². The number of nitrogens with zero attached hydrogens (tertiary/aromatic N) is 1. The molecule has 1 aliphatic rings. The van der Waals surface area contributed by atoms with Crippen LogP contribution in [0, 0.1) is 26.7 Å². The molecule has 2 aromatic rings. The highest BCUT2D eigenvalue weighted by Gasteiger charge is 2.28. The fraction of sp³-hybridized carbons (Fsp3) is 0.360. The van der Waals surface area contributed by atoms with Gasteiger partial charge in [0.15, 0.2) is 0 Å². The van der Waals surface area contributed by atoms with Crippen LogP contribution in [0.15, 0.2) is 53.9 Å². The van der Waals surface area contributed by atoms with E-state index >= 15 is 0 Å². The standard InChI is InChI=1S/C25H31N3O4S/c1-5-12-26-24(29)21-7-6-13-28(16-21)25(30)20-8-10-22(11-9-20)27-33(31,32)23-18(3)14-17(2)15-19(23)4/h5,8-11,14-15,21,27H,1,6-7,12-13,16H2,2-4H3,(H,26,29)/t21-/m1/s1. The van der Waals surface area contributed by atoms with Crippen LogP contribution in [-0.4, -0.2) is 44.8 Å². The summed E-state index contributed by atoms with van der Waals surface area (Å²) in [6.45, 7) is 10.4. The number of hydrogen-bond donors (Lipinski definition) is 2. The number of rotatable bonds is 7. The number of nitrogens with one attached hydrogen (secondary N) is 2. The van der Waals surface area contributed by atoms with Crippen LogP contribution in [0.4, 0.5) is 5.69 Å². The third-order valence-electron chi connectivity index (χ3n) is 5.76. The molecular formula is C25H31N3O4S. The van der Waals surface area contributed by atoms with E-state index in [9.17, 15) is 18.0 Å². The number of piperidine rings is 1. The van der Waals surface area contributed by atoms with Gasteiger partial charge in [-0.15, -0.1) is 6.58 Å². The van der Waals surface area contributed by atoms with Crippen molar-refractivity contribution in [1.82, 2.24) is 10.2 Å². The van der Waals surface area contributed by atoms with Gasteiger partial charge in [-0.1, -0.05) is 23.8 Å². The monoisotopic (exact) mass is 469 g/mol. The minimum absolute atomic E-state index is 0.0705. The van der Waals surface area contributed by atoms with E-state index in [0.29, 0.717) is 42.0 Å². The van der Waals surface area contributed by atoms with E-state index in [1.165, 1.54) is 0 Å². The largest absolute Gasteiger partial charge is 0.352 e. The van der Waals surface area contributed by atoms with Gasteiger partial charge in [-0.3, -0.25) is 14.3 Å². The Labute approximate surface area is 195 Å². The molecule has 3 rings (SSSR count). The minimum Gasteiger partial charge on any atom is -0.352 e. The molecule has 1 heterocycles. The number of carbonyl (C=O) groups is 2. The van der Waals surface area contributed by atoms with Crippen molar-refractivity contribution in [2.75, 3.05) is 24.4 Å². The van der Waals surface area contributed by atoms with Crippen molar-refractivity contribution in [2.45, 2.75) is 38.5 Å². The average molecular weight is 470 g/mol. The predicted molar refractivity (Wildman–Crippen MR) is 130 cm³/mol. The zero-order valence-electron chi connectivity index (χ0n) is 19.3. The molecule has 0 radical (unpaired) electrons. The van der Waals surface area contributed by atoms with Crippen LogP contribution in [0.5, 0.6) is 0 Å². The van der Waals surface area contributed by atoms with Gasteiger partial charge in [0.05, 0.1) is 10.8 Å². The summed E-state index contributed by atoms with van der Waals surface area (Å²) in [5.74, 6) is -0.482. The maximum Gasteiger partial charge on any atom is 0.262 e. The average Bonchev–Trinajstić information content (AvgIpc) is 2.76. The first-order valence-corrected chi connectivity index (χ1v) is 12.5. The van der Waals surface area contributed by atoms with Gasteiger partial charge in [0, 0.05) is 30.9 Å². The van der Waals surface area contributed by atoms with Crippen molar-refractivity contribution in [3.8, 4) is 0 Å². The summed E-state index contributed by atoms with van der Waals surface area (Å²) >= 11 is 0. The van der Waals surface area contributed by atoms with E-state index in [0.717, 1.165) is 18.4 Å². The summed E-state index contributed by atoms with van der Waals surface area (Å²) in [5.41, 5.74) is 3.20. The minimum atomic E-state index is -3.77. The predicted octanol–water partition coefficient (Wildman–Crippen LogP) is 3.57. The fourth-order valence-electron chi connectivity index (χ4n) is 4.35. The molecule has 0 bridgehead atoms. The summed E-state index contributed by atoms with van der Waals surface area (Å²) in [4.78, 5) is 27.2. The summed E-state index contributed by atoms with van der Waals surface area (Å²) < 4.78 is 28.5. The number of carbonyl (C=O) groups excluding carboxylic acids is 2. The molecule has 1 aliphatic heterocycles. The SMILES string of the molecule is C=CCNC(=O)[C@@H]1CCCN(C(=O)c2ccc(NS(=O)(=O)c3c(C)cc(C)cc3C)cc2)C1. The van der Waals surface area contributed by atoms with E-state index in [1.54, 1.807) is 49.1 Å².